The predicted octanol–water partition coefficient (Wildman–Crippen LogP) is 4.68. The summed E-state index contributed by atoms with van der Waals surface area (Å²) in [6.07, 6.45) is 5.68. The molecule has 5 heteroatoms. The Balaban J connectivity index is 1.71. The summed E-state index contributed by atoms with van der Waals surface area (Å²) in [5.74, 6) is 0. The second-order valence-electron chi connectivity index (χ2n) is 7.15. The molecular weight excluding hydrogens is 358 g/mol. The quantitative estimate of drug-likeness (QED) is 0.665. The molecule has 1 aromatic carbocycles. The zero-order valence-electron chi connectivity index (χ0n) is 15.9. The zero-order chi connectivity index (χ0) is 18.4. The fraction of sp³-hybridized carbons (Fsp3) is 0.524. The molecular formula is C21H31N3S2. The Bertz CT molecular complexity index is 634. The monoisotopic (exact) mass is 389 g/mol. The summed E-state index contributed by atoms with van der Waals surface area (Å²) in [5, 5.41) is 4.46. The summed E-state index contributed by atoms with van der Waals surface area (Å²) >= 11 is 3.59. The number of rotatable bonds is 8. The lowest BCUT2D eigenvalue weighted by molar-refractivity contribution is 0.154. The van der Waals surface area contributed by atoms with Gasteiger partial charge >= 0.3 is 0 Å². The maximum absolute atomic E-state index is 5.75. The van der Waals surface area contributed by atoms with E-state index in [1.807, 2.05) is 0 Å². The largest absolute Gasteiger partial charge is 0.364 e. The lowest BCUT2D eigenvalue weighted by Gasteiger charge is -2.41. The van der Waals surface area contributed by atoms with E-state index in [1.165, 1.54) is 42.1 Å². The molecule has 1 aromatic heterocycles. The molecule has 3 rings (SSSR count). The van der Waals surface area contributed by atoms with E-state index in [4.69, 9.17) is 5.73 Å². The molecule has 1 atom stereocenters. The summed E-state index contributed by atoms with van der Waals surface area (Å²) in [5.41, 5.74) is 8.52. The lowest BCUT2D eigenvalue weighted by Crippen LogP contribution is -2.47. The van der Waals surface area contributed by atoms with Gasteiger partial charge in [-0.05, 0) is 85.6 Å². The molecule has 0 bridgehead atoms. The molecule has 1 aliphatic rings. The number of hydrogen-bond acceptors (Lipinski definition) is 5. The first kappa shape index (κ1) is 19.7. The number of nitrogens with two attached hydrogens (primary N) is 1. The van der Waals surface area contributed by atoms with E-state index in [0.717, 1.165) is 19.5 Å². The first-order valence-corrected chi connectivity index (χ1v) is 11.7. The van der Waals surface area contributed by atoms with Gasteiger partial charge < -0.3 is 15.5 Å². The van der Waals surface area contributed by atoms with Crippen LogP contribution in [0.5, 0.6) is 0 Å². The van der Waals surface area contributed by atoms with Gasteiger partial charge in [-0.1, -0.05) is 0 Å². The van der Waals surface area contributed by atoms with Crippen molar-refractivity contribution in [3.63, 3.8) is 0 Å². The number of nitrogens with zero attached hydrogens (tertiary/aromatic N) is 2. The molecule has 0 aliphatic carbocycles. The fourth-order valence-corrected chi connectivity index (χ4v) is 4.91. The minimum absolute atomic E-state index is 0.604. The summed E-state index contributed by atoms with van der Waals surface area (Å²) < 4.78 is 0. The molecule has 0 spiro atoms. The standard InChI is InChI=1S/C21H31N3S2/c1-17(7-11-22)23-12-8-20(9-13-23)24(15-18-10-14-26-16-18)19-3-5-21(25-2)6-4-19/h3-6,10,14,16-17,20H,7-9,11-13,15,22H2,1-2H3. The number of piperidine rings is 1. The smallest absolute Gasteiger partial charge is 0.0440 e. The molecule has 0 amide bonds. The van der Waals surface area contributed by atoms with Crippen molar-refractivity contribution in [2.24, 2.45) is 5.73 Å². The normalized spacial score (nSPS) is 17.3. The molecule has 3 nitrogen and oxygen atoms in total. The van der Waals surface area contributed by atoms with E-state index in [0.29, 0.717) is 12.1 Å². The van der Waals surface area contributed by atoms with Crippen molar-refractivity contribution in [1.29, 1.82) is 0 Å². The highest BCUT2D eigenvalue weighted by Gasteiger charge is 2.27. The van der Waals surface area contributed by atoms with Gasteiger partial charge in [0.15, 0.2) is 0 Å². The average Bonchev–Trinajstić information content (AvgIpc) is 3.20. The Hall–Kier alpha value is -1.01. The Morgan fingerprint density at radius 3 is 2.54 bits per heavy atom. The zero-order valence-corrected chi connectivity index (χ0v) is 17.6. The minimum atomic E-state index is 0.604. The molecule has 2 aromatic rings. The third-order valence-corrected chi connectivity index (χ3v) is 6.96. The summed E-state index contributed by atoms with van der Waals surface area (Å²) in [7, 11) is 0. The average molecular weight is 390 g/mol. The van der Waals surface area contributed by atoms with Gasteiger partial charge in [0, 0.05) is 42.3 Å². The maximum atomic E-state index is 5.75. The van der Waals surface area contributed by atoms with Crippen LogP contribution < -0.4 is 10.6 Å². The summed E-state index contributed by atoms with van der Waals surface area (Å²) in [4.78, 5) is 6.56. The molecule has 0 radical (unpaired) electrons. The number of likely N-dealkylation sites (tertiary alicyclic amines) is 1. The van der Waals surface area contributed by atoms with Crippen molar-refractivity contribution in [2.45, 2.75) is 49.7 Å². The molecule has 0 saturated carbocycles. The second kappa shape index (κ2) is 9.79. The van der Waals surface area contributed by atoms with Crippen molar-refractivity contribution in [1.82, 2.24) is 4.90 Å². The first-order chi connectivity index (χ1) is 12.7. The lowest BCUT2D eigenvalue weighted by atomic mass is 9.99. The van der Waals surface area contributed by atoms with E-state index in [-0.39, 0.29) is 0 Å². The van der Waals surface area contributed by atoms with Crippen LogP contribution in [0.25, 0.3) is 0 Å². The first-order valence-electron chi connectivity index (χ1n) is 9.57. The molecule has 1 aliphatic heterocycles. The highest BCUT2D eigenvalue weighted by molar-refractivity contribution is 7.98. The van der Waals surface area contributed by atoms with E-state index in [9.17, 15) is 0 Å². The van der Waals surface area contributed by atoms with Crippen LogP contribution in [-0.4, -0.2) is 42.9 Å². The molecule has 1 unspecified atom stereocenters. The number of thioether (sulfide) groups is 1. The molecule has 2 heterocycles. The van der Waals surface area contributed by atoms with Gasteiger partial charge in [-0.25, -0.2) is 0 Å². The fourth-order valence-electron chi connectivity index (χ4n) is 3.85. The predicted molar refractivity (Wildman–Crippen MR) is 116 cm³/mol. The van der Waals surface area contributed by atoms with E-state index in [2.05, 4.69) is 64.1 Å². The highest BCUT2D eigenvalue weighted by atomic mass is 32.2. The third kappa shape index (κ3) is 5.03. The summed E-state index contributed by atoms with van der Waals surface area (Å²) in [6.45, 7) is 6.46. The van der Waals surface area contributed by atoms with Crippen LogP contribution in [0, 0.1) is 0 Å². The Labute approximate surface area is 166 Å². The van der Waals surface area contributed by atoms with Gasteiger partial charge in [-0.3, -0.25) is 0 Å². The Morgan fingerprint density at radius 1 is 1.23 bits per heavy atom. The number of anilines is 1. The Morgan fingerprint density at radius 2 is 1.96 bits per heavy atom. The third-order valence-electron chi connectivity index (χ3n) is 5.48. The Kier molecular flexibility index (Phi) is 7.43. The maximum Gasteiger partial charge on any atom is 0.0440 e. The number of benzene rings is 1. The van der Waals surface area contributed by atoms with E-state index >= 15 is 0 Å². The van der Waals surface area contributed by atoms with Crippen molar-refractivity contribution in [3.05, 3.63) is 46.7 Å². The van der Waals surface area contributed by atoms with Crippen LogP contribution in [0.1, 0.15) is 31.7 Å². The van der Waals surface area contributed by atoms with Crippen LogP contribution >= 0.6 is 23.1 Å². The van der Waals surface area contributed by atoms with E-state index in [1.54, 1.807) is 23.1 Å². The molecule has 2 N–H and O–H groups in total. The SMILES string of the molecule is CSc1ccc(N(Cc2ccsc2)C2CCN(C(C)CCN)CC2)cc1. The highest BCUT2D eigenvalue weighted by Crippen LogP contribution is 2.29. The number of hydrogen-bond donors (Lipinski definition) is 1. The number of thiophene rings is 1. The van der Waals surface area contributed by atoms with Crippen LogP contribution in [0.3, 0.4) is 0 Å². The van der Waals surface area contributed by atoms with E-state index < -0.39 is 0 Å². The molecule has 1 fully saturated rings. The molecule has 1 saturated heterocycles. The van der Waals surface area contributed by atoms with Gasteiger partial charge in [-0.15, -0.1) is 11.8 Å². The molecule has 26 heavy (non-hydrogen) atoms. The summed E-state index contributed by atoms with van der Waals surface area (Å²) in [6, 6.07) is 12.6. The van der Waals surface area contributed by atoms with Gasteiger partial charge in [0.05, 0.1) is 0 Å². The van der Waals surface area contributed by atoms with Crippen molar-refractivity contribution in [3.8, 4) is 0 Å². The van der Waals surface area contributed by atoms with Gasteiger partial charge in [0.1, 0.15) is 0 Å². The van der Waals surface area contributed by atoms with Crippen molar-refractivity contribution in [2.75, 3.05) is 30.8 Å². The topological polar surface area (TPSA) is 32.5 Å². The second-order valence-corrected chi connectivity index (χ2v) is 8.81. The van der Waals surface area contributed by atoms with Crippen LogP contribution in [0.15, 0.2) is 46.0 Å². The van der Waals surface area contributed by atoms with Gasteiger partial charge in [0.2, 0.25) is 0 Å². The van der Waals surface area contributed by atoms with Crippen LogP contribution in [-0.2, 0) is 6.54 Å². The van der Waals surface area contributed by atoms with Crippen LogP contribution in [0.4, 0.5) is 5.69 Å². The van der Waals surface area contributed by atoms with Crippen LogP contribution in [0.2, 0.25) is 0 Å². The van der Waals surface area contributed by atoms with Gasteiger partial charge in [-0.2, -0.15) is 11.3 Å². The minimum Gasteiger partial charge on any atom is -0.364 e. The van der Waals surface area contributed by atoms with Crippen molar-refractivity contribution >= 4 is 28.8 Å². The molecule has 142 valence electrons. The van der Waals surface area contributed by atoms with Gasteiger partial charge in [0.25, 0.3) is 0 Å². The van der Waals surface area contributed by atoms with Crippen molar-refractivity contribution < 1.29 is 0 Å².